The van der Waals surface area contributed by atoms with E-state index in [9.17, 15) is 0 Å². The van der Waals surface area contributed by atoms with Crippen LogP contribution in [0.25, 0.3) is 44.5 Å². The lowest BCUT2D eigenvalue weighted by atomic mass is 9.33. The minimum absolute atomic E-state index is 0.0317. The third-order valence-electron chi connectivity index (χ3n) is 17.7. The standard InChI is InChI=1S/C71H60BN3/c1-69(2,3)56-34-39-63-60(45-56)70(4)40-19-41-71(70,5)75(63)59-46-66-68-67(47-59)74(58-29-18-28-53(42-58)49-22-12-7-13-23-49)65-44-55(51-26-16-9-17-27-51)32-37-61(65)72(68)62-43-54(50-24-14-8-15-25-50)33-38-64(62)73(66)57-35-30-52(31-36-57)48-20-10-6-11-21-48/h6-18,20-39,42-47H,19,40-41H2,1-5H3. The minimum atomic E-state index is -0.156. The molecule has 4 aliphatic rings. The van der Waals surface area contributed by atoms with E-state index in [4.69, 9.17) is 0 Å². The summed E-state index contributed by atoms with van der Waals surface area (Å²) in [7, 11) is 0. The van der Waals surface area contributed by atoms with E-state index in [0.717, 1.165) is 24.2 Å². The molecule has 3 heterocycles. The van der Waals surface area contributed by atoms with Crippen molar-refractivity contribution in [1.82, 2.24) is 0 Å². The van der Waals surface area contributed by atoms with Crippen LogP contribution in [-0.2, 0) is 10.8 Å². The monoisotopic (exact) mass is 965 g/mol. The van der Waals surface area contributed by atoms with Crippen LogP contribution in [-0.4, -0.2) is 12.3 Å². The van der Waals surface area contributed by atoms with Crippen LogP contribution in [0.15, 0.2) is 237 Å². The third-order valence-corrected chi connectivity index (χ3v) is 17.7. The largest absolute Gasteiger partial charge is 0.334 e. The number of benzene rings is 10. The Kier molecular flexibility index (Phi) is 10.3. The molecule has 0 bridgehead atoms. The summed E-state index contributed by atoms with van der Waals surface area (Å²) in [6, 6.07) is 89.1. The van der Waals surface area contributed by atoms with Gasteiger partial charge in [-0.25, -0.2) is 0 Å². The summed E-state index contributed by atoms with van der Waals surface area (Å²) in [4.78, 5) is 7.99. The zero-order chi connectivity index (χ0) is 50.6. The van der Waals surface area contributed by atoms with Gasteiger partial charge < -0.3 is 14.7 Å². The molecule has 75 heavy (non-hydrogen) atoms. The molecule has 2 atom stereocenters. The van der Waals surface area contributed by atoms with Crippen molar-refractivity contribution in [2.45, 2.75) is 70.3 Å². The molecule has 0 aromatic heterocycles. The molecule has 1 fully saturated rings. The topological polar surface area (TPSA) is 9.72 Å². The lowest BCUT2D eigenvalue weighted by molar-refractivity contribution is 0.330. The molecule has 0 saturated heterocycles. The fraction of sp³-hybridized carbons (Fsp3) is 0.155. The smallest absolute Gasteiger partial charge is 0.252 e. The maximum Gasteiger partial charge on any atom is 0.252 e. The Morgan fingerprint density at radius 2 is 0.880 bits per heavy atom. The van der Waals surface area contributed by atoms with Crippen LogP contribution in [0.3, 0.4) is 0 Å². The summed E-state index contributed by atoms with van der Waals surface area (Å²) in [6.07, 6.45) is 3.46. The fourth-order valence-corrected chi connectivity index (χ4v) is 13.6. The van der Waals surface area contributed by atoms with E-state index in [-0.39, 0.29) is 23.1 Å². The maximum atomic E-state index is 2.78. The molecular weight excluding hydrogens is 906 g/mol. The Labute approximate surface area is 443 Å². The molecule has 14 rings (SSSR count). The third kappa shape index (κ3) is 7.10. The first-order chi connectivity index (χ1) is 36.6. The van der Waals surface area contributed by atoms with Crippen molar-refractivity contribution in [3.05, 3.63) is 248 Å². The number of hydrogen-bond acceptors (Lipinski definition) is 3. The van der Waals surface area contributed by atoms with E-state index in [1.807, 2.05) is 0 Å². The quantitative estimate of drug-likeness (QED) is 0.147. The number of nitrogens with zero attached hydrogens (tertiary/aromatic N) is 3. The lowest BCUT2D eigenvalue weighted by Crippen LogP contribution is -2.61. The van der Waals surface area contributed by atoms with Gasteiger partial charge >= 0.3 is 0 Å². The van der Waals surface area contributed by atoms with Crippen molar-refractivity contribution >= 4 is 68.6 Å². The zero-order valence-electron chi connectivity index (χ0n) is 43.6. The van der Waals surface area contributed by atoms with Gasteiger partial charge in [0.15, 0.2) is 0 Å². The molecule has 1 aliphatic carbocycles. The van der Waals surface area contributed by atoms with Gasteiger partial charge in [0.25, 0.3) is 6.71 Å². The van der Waals surface area contributed by atoms with Crippen LogP contribution in [0.5, 0.6) is 0 Å². The van der Waals surface area contributed by atoms with Gasteiger partial charge in [-0.15, -0.1) is 0 Å². The van der Waals surface area contributed by atoms with Crippen LogP contribution in [0, 0.1) is 0 Å². The van der Waals surface area contributed by atoms with Crippen molar-refractivity contribution in [2.24, 2.45) is 0 Å². The van der Waals surface area contributed by atoms with Crippen LogP contribution < -0.4 is 31.1 Å². The Hall–Kier alpha value is -8.34. The van der Waals surface area contributed by atoms with E-state index < -0.39 is 0 Å². The van der Waals surface area contributed by atoms with Crippen molar-refractivity contribution < 1.29 is 0 Å². The van der Waals surface area contributed by atoms with Crippen molar-refractivity contribution in [3.8, 4) is 44.5 Å². The molecule has 0 spiro atoms. The fourth-order valence-electron chi connectivity index (χ4n) is 13.6. The average molecular weight is 966 g/mol. The molecule has 3 nitrogen and oxygen atoms in total. The molecule has 0 radical (unpaired) electrons. The predicted octanol–water partition coefficient (Wildman–Crippen LogP) is 17.1. The molecule has 0 N–H and O–H groups in total. The van der Waals surface area contributed by atoms with Gasteiger partial charge in [0.1, 0.15) is 0 Å². The Balaban J connectivity index is 1.09. The second-order valence-electron chi connectivity index (χ2n) is 22.9. The SMILES string of the molecule is CC(C)(C)c1ccc2c(c1)C1(C)CCCC1(C)N2c1cc2c3c(c1)N(c1cccc(-c4ccccc4)c1)c1cc(-c4ccccc4)ccc1B3c1cc(-c3ccccc3)ccc1N2c1ccc(-c2ccccc2)cc1. The van der Waals surface area contributed by atoms with E-state index in [1.165, 1.54) is 113 Å². The normalized spacial score (nSPS) is 18.0. The van der Waals surface area contributed by atoms with E-state index in [0.29, 0.717) is 0 Å². The first-order valence-corrected chi connectivity index (χ1v) is 27.0. The summed E-state index contributed by atoms with van der Waals surface area (Å²) >= 11 is 0. The highest BCUT2D eigenvalue weighted by atomic mass is 15.3. The number of hydrogen-bond donors (Lipinski definition) is 0. The molecule has 10 aromatic rings. The summed E-state index contributed by atoms with van der Waals surface area (Å²) < 4.78 is 0. The highest BCUT2D eigenvalue weighted by Crippen LogP contribution is 2.63. The van der Waals surface area contributed by atoms with Crippen LogP contribution in [0.2, 0.25) is 0 Å². The van der Waals surface area contributed by atoms with Gasteiger partial charge in [-0.3, -0.25) is 0 Å². The van der Waals surface area contributed by atoms with Crippen LogP contribution >= 0.6 is 0 Å². The number of rotatable bonds is 7. The van der Waals surface area contributed by atoms with Crippen molar-refractivity contribution in [2.75, 3.05) is 14.7 Å². The Morgan fingerprint density at radius 1 is 0.373 bits per heavy atom. The van der Waals surface area contributed by atoms with E-state index in [2.05, 4.69) is 286 Å². The molecule has 10 aromatic carbocycles. The lowest BCUT2D eigenvalue weighted by Gasteiger charge is -2.47. The van der Waals surface area contributed by atoms with Crippen molar-refractivity contribution in [3.63, 3.8) is 0 Å². The number of anilines is 8. The second kappa shape index (κ2) is 17.1. The first-order valence-electron chi connectivity index (χ1n) is 27.0. The number of fused-ring (bicyclic) bond motifs is 7. The summed E-state index contributed by atoms with van der Waals surface area (Å²) in [5, 5.41) is 0. The van der Waals surface area contributed by atoms with Crippen LogP contribution in [0.4, 0.5) is 45.5 Å². The highest BCUT2D eigenvalue weighted by molar-refractivity contribution is 7.00. The molecule has 0 amide bonds. The second-order valence-corrected chi connectivity index (χ2v) is 22.9. The average Bonchev–Trinajstić information content (AvgIpc) is 4.08. The summed E-state index contributed by atoms with van der Waals surface area (Å²) in [6.45, 7) is 12.1. The van der Waals surface area contributed by atoms with E-state index in [1.54, 1.807) is 0 Å². The Morgan fingerprint density at radius 3 is 1.49 bits per heavy atom. The molecule has 1 saturated carbocycles. The highest BCUT2D eigenvalue weighted by Gasteiger charge is 2.60. The van der Waals surface area contributed by atoms with Crippen molar-refractivity contribution in [1.29, 1.82) is 0 Å². The summed E-state index contributed by atoms with van der Waals surface area (Å²) in [5.41, 5.74) is 25.9. The van der Waals surface area contributed by atoms with Gasteiger partial charge in [0, 0.05) is 50.9 Å². The van der Waals surface area contributed by atoms with Gasteiger partial charge in [0.05, 0.1) is 5.54 Å². The van der Waals surface area contributed by atoms with Gasteiger partial charge in [0.2, 0.25) is 0 Å². The Bertz CT molecular complexity index is 3830. The molecule has 4 heteroatoms. The van der Waals surface area contributed by atoms with E-state index >= 15 is 0 Å². The zero-order valence-corrected chi connectivity index (χ0v) is 43.6. The summed E-state index contributed by atoms with van der Waals surface area (Å²) in [5.74, 6) is 0. The molecule has 3 aliphatic heterocycles. The van der Waals surface area contributed by atoms with Gasteiger partial charge in [-0.2, -0.15) is 0 Å². The minimum Gasteiger partial charge on any atom is -0.334 e. The molecule has 2 unspecified atom stereocenters. The van der Waals surface area contributed by atoms with Gasteiger partial charge in [-0.1, -0.05) is 216 Å². The first kappa shape index (κ1) is 45.3. The maximum absolute atomic E-state index is 2.78. The predicted molar refractivity (Wildman–Crippen MR) is 319 cm³/mol. The molecule has 362 valence electrons. The van der Waals surface area contributed by atoms with Gasteiger partial charge in [-0.05, 0) is 152 Å². The van der Waals surface area contributed by atoms with Crippen LogP contribution in [0.1, 0.15) is 65.0 Å². The molecular formula is C71H60BN3.